The molecule has 0 aliphatic carbocycles. The first-order valence-corrected chi connectivity index (χ1v) is 22.4. The summed E-state index contributed by atoms with van der Waals surface area (Å²) in [4.78, 5) is 63.0. The molecule has 0 fully saturated rings. The number of nitrogens with zero attached hydrogens (tertiary/aromatic N) is 7. The molecule has 0 saturated heterocycles. The van der Waals surface area contributed by atoms with Gasteiger partial charge in [0.25, 0.3) is 11.8 Å². The van der Waals surface area contributed by atoms with E-state index in [1.54, 1.807) is 53.4 Å². The number of aliphatic hydroxyl groups is 1. The maximum absolute atomic E-state index is 14.2. The normalized spacial score (nSPS) is 18.3. The van der Waals surface area contributed by atoms with Crippen LogP contribution in [0.5, 0.6) is 0 Å². The lowest BCUT2D eigenvalue weighted by molar-refractivity contribution is -0.138. The number of unbranched alkanes of at least 4 members (excludes halogenated alkanes) is 2. The second-order valence-corrected chi connectivity index (χ2v) is 17.2. The van der Waals surface area contributed by atoms with Gasteiger partial charge in [0.15, 0.2) is 0 Å². The number of nitrogens with one attached hydrogen (secondary N) is 2. The molecule has 70 heavy (non-hydrogen) atoms. The van der Waals surface area contributed by atoms with E-state index in [9.17, 15) is 61.2 Å². The monoisotopic (exact) mass is 965 g/mol. The van der Waals surface area contributed by atoms with Gasteiger partial charge in [0.05, 0.1) is 100 Å². The Morgan fingerprint density at radius 1 is 0.586 bits per heavy atom. The number of rotatable bonds is 16. The number of amides is 6. The van der Waals surface area contributed by atoms with Gasteiger partial charge in [-0.25, -0.2) is 9.59 Å². The summed E-state index contributed by atoms with van der Waals surface area (Å²) in [7, 11) is 0. The highest BCUT2D eigenvalue weighted by Crippen LogP contribution is 2.42. The molecular formula is C50H45F6N9O5. The van der Waals surface area contributed by atoms with Crippen molar-refractivity contribution < 1.29 is 50.6 Å². The number of carbonyl (C=O) groups excluding carboxylic acids is 4. The van der Waals surface area contributed by atoms with Gasteiger partial charge >= 0.3 is 24.4 Å². The minimum Gasteiger partial charge on any atom is -0.395 e. The Hall–Kier alpha value is -7.68. The van der Waals surface area contributed by atoms with Gasteiger partial charge in [-0.2, -0.15) is 36.9 Å². The summed E-state index contributed by atoms with van der Waals surface area (Å²) in [5.41, 5.74) is 0.577. The van der Waals surface area contributed by atoms with E-state index in [0.717, 1.165) is 34.1 Å². The van der Waals surface area contributed by atoms with Crippen LogP contribution in [0.1, 0.15) is 71.1 Å². The van der Waals surface area contributed by atoms with Gasteiger partial charge in [0.2, 0.25) is 0 Å². The maximum Gasteiger partial charge on any atom is 0.416 e. The Balaban J connectivity index is 0.901. The van der Waals surface area contributed by atoms with Gasteiger partial charge in [0, 0.05) is 19.6 Å². The van der Waals surface area contributed by atoms with Crippen LogP contribution in [0.15, 0.2) is 120 Å². The Labute approximate surface area is 398 Å². The number of halogens is 6. The molecule has 20 heteroatoms. The predicted octanol–water partition coefficient (Wildman–Crippen LogP) is 7.76. The van der Waals surface area contributed by atoms with Crippen LogP contribution in [0.3, 0.4) is 0 Å². The average Bonchev–Trinajstić information content (AvgIpc) is 3.84. The van der Waals surface area contributed by atoms with Crippen LogP contribution in [-0.2, 0) is 21.9 Å². The van der Waals surface area contributed by atoms with Crippen LogP contribution < -0.4 is 20.4 Å². The topological polar surface area (TPSA) is 176 Å². The molecule has 8 rings (SSSR count). The number of urea groups is 2. The lowest BCUT2D eigenvalue weighted by Gasteiger charge is -2.34. The number of anilines is 2. The Bertz CT molecular complexity index is 2830. The lowest BCUT2D eigenvalue weighted by atomic mass is 9.94. The summed E-state index contributed by atoms with van der Waals surface area (Å²) in [6, 6.07) is 22.0. The van der Waals surface area contributed by atoms with E-state index in [0.29, 0.717) is 67.6 Å². The molecule has 362 valence electrons. The average molecular weight is 966 g/mol. The quantitative estimate of drug-likeness (QED) is 0.0754. The highest BCUT2D eigenvalue weighted by molar-refractivity contribution is 6.08. The molecule has 0 unspecified atom stereocenters. The van der Waals surface area contributed by atoms with Crippen molar-refractivity contribution in [2.75, 3.05) is 62.2 Å². The molecule has 2 atom stereocenters. The van der Waals surface area contributed by atoms with Crippen molar-refractivity contribution in [1.29, 1.82) is 10.5 Å². The van der Waals surface area contributed by atoms with Gasteiger partial charge in [-0.05, 0) is 104 Å². The molecule has 0 saturated carbocycles. The van der Waals surface area contributed by atoms with Crippen LogP contribution in [0.25, 0.3) is 0 Å². The van der Waals surface area contributed by atoms with Crippen LogP contribution >= 0.6 is 0 Å². The van der Waals surface area contributed by atoms with Crippen molar-refractivity contribution in [3.05, 3.63) is 153 Å². The van der Waals surface area contributed by atoms with Gasteiger partial charge in [-0.3, -0.25) is 19.4 Å². The second-order valence-electron chi connectivity index (χ2n) is 17.2. The minimum absolute atomic E-state index is 0.0368. The standard InChI is InChI=1S/C50H45F6N9O5/c51-49(52,53)35-7-4-9-37(25-35)64-39-29-62(45(67)41(39)43(59-47(64)69)33-15-11-31(27-57)12-16-33)21-3-1-2-19-61(23-24-66)20-6-22-63-30-40-42(46(63)68)44(34-17-13-32(28-58)14-18-34)60-48(70)65(40)38-10-5-8-36(26-38)50(54,55)56/h4-5,7-18,25-26,43-44,66H,1-3,6,19-24,29-30H2,(H,59,69)(H,60,70)/t43-,44-/m1/s1. The van der Waals surface area contributed by atoms with E-state index in [1.165, 1.54) is 29.2 Å². The number of nitriles is 2. The second kappa shape index (κ2) is 20.1. The Morgan fingerprint density at radius 3 is 1.43 bits per heavy atom. The van der Waals surface area contributed by atoms with Crippen LogP contribution in [0.4, 0.5) is 47.3 Å². The van der Waals surface area contributed by atoms with Gasteiger partial charge < -0.3 is 30.4 Å². The lowest BCUT2D eigenvalue weighted by Crippen LogP contribution is -2.47. The maximum atomic E-state index is 14.2. The highest BCUT2D eigenvalue weighted by Gasteiger charge is 2.47. The van der Waals surface area contributed by atoms with E-state index in [4.69, 9.17) is 0 Å². The molecule has 6 amide bonds. The van der Waals surface area contributed by atoms with Crippen molar-refractivity contribution in [3.63, 3.8) is 0 Å². The zero-order valence-electron chi connectivity index (χ0n) is 37.4. The largest absolute Gasteiger partial charge is 0.416 e. The van der Waals surface area contributed by atoms with E-state index >= 15 is 0 Å². The number of aliphatic hydroxyl groups excluding tert-OH is 1. The number of hydrogen-bond donors (Lipinski definition) is 3. The molecule has 4 heterocycles. The first-order valence-electron chi connectivity index (χ1n) is 22.4. The van der Waals surface area contributed by atoms with Crippen molar-refractivity contribution in [3.8, 4) is 12.1 Å². The SMILES string of the molecule is N#Cc1ccc([C@H]2NC(=O)N(c3cccc(C(F)(F)F)c3)C3=C2C(=O)N(CCCCCN(CCO)CCCN2CC4=C(C2=O)[C@@H](c2ccc(C#N)cc2)NC(=O)N4c2cccc(C(F)(F)F)c2)C3)cc1. The molecule has 4 aliphatic rings. The smallest absolute Gasteiger partial charge is 0.395 e. The first kappa shape index (κ1) is 48.8. The summed E-state index contributed by atoms with van der Waals surface area (Å²) >= 11 is 0. The van der Waals surface area contributed by atoms with Crippen molar-refractivity contribution >= 4 is 35.3 Å². The molecule has 0 aromatic heterocycles. The summed E-state index contributed by atoms with van der Waals surface area (Å²) in [6.45, 7) is 1.54. The number of carbonyl (C=O) groups is 4. The summed E-state index contributed by atoms with van der Waals surface area (Å²) < 4.78 is 82.5. The third-order valence-electron chi connectivity index (χ3n) is 12.7. The van der Waals surface area contributed by atoms with Crippen LogP contribution in [0, 0.1) is 22.7 Å². The molecule has 0 bridgehead atoms. The highest BCUT2D eigenvalue weighted by atomic mass is 19.4. The van der Waals surface area contributed by atoms with E-state index in [-0.39, 0.29) is 66.7 Å². The van der Waals surface area contributed by atoms with Gasteiger partial charge in [0.1, 0.15) is 0 Å². The fourth-order valence-corrected chi connectivity index (χ4v) is 9.32. The molecule has 0 radical (unpaired) electrons. The van der Waals surface area contributed by atoms with Gasteiger partial charge in [-0.1, -0.05) is 42.8 Å². The van der Waals surface area contributed by atoms with Crippen molar-refractivity contribution in [1.82, 2.24) is 25.3 Å². The molecular weight excluding hydrogens is 921 g/mol. The summed E-state index contributed by atoms with van der Waals surface area (Å²) in [5, 5.41) is 34.1. The molecule has 4 aromatic carbocycles. The molecule has 4 aliphatic heterocycles. The zero-order valence-corrected chi connectivity index (χ0v) is 37.4. The molecule has 4 aromatic rings. The minimum atomic E-state index is -4.68. The predicted molar refractivity (Wildman–Crippen MR) is 242 cm³/mol. The zero-order chi connectivity index (χ0) is 49.9. The third kappa shape index (κ3) is 10.1. The Morgan fingerprint density at radius 2 is 1.01 bits per heavy atom. The molecule has 3 N–H and O–H groups in total. The third-order valence-corrected chi connectivity index (χ3v) is 12.7. The van der Waals surface area contributed by atoms with Crippen LogP contribution in [-0.4, -0.2) is 96.1 Å². The van der Waals surface area contributed by atoms with E-state index in [1.807, 2.05) is 17.0 Å². The molecule has 0 spiro atoms. The number of hydrogen-bond acceptors (Lipinski definition) is 8. The van der Waals surface area contributed by atoms with Gasteiger partial charge in [-0.15, -0.1) is 0 Å². The summed E-state index contributed by atoms with van der Waals surface area (Å²) in [6.07, 6.45) is -7.12. The van der Waals surface area contributed by atoms with E-state index < -0.39 is 59.4 Å². The van der Waals surface area contributed by atoms with Crippen molar-refractivity contribution in [2.45, 2.75) is 50.1 Å². The fraction of sp³-hybridized carbons (Fsp3) is 0.320. The number of benzene rings is 4. The van der Waals surface area contributed by atoms with Crippen molar-refractivity contribution in [2.24, 2.45) is 0 Å². The van der Waals surface area contributed by atoms with E-state index in [2.05, 4.69) is 10.6 Å². The van der Waals surface area contributed by atoms with Crippen LogP contribution in [0.2, 0.25) is 0 Å². The molecule has 14 nitrogen and oxygen atoms in total. The first-order chi connectivity index (χ1) is 33.5. The number of alkyl halides is 6. The Kier molecular flexibility index (Phi) is 14.0. The fourth-order valence-electron chi connectivity index (χ4n) is 9.32. The summed E-state index contributed by atoms with van der Waals surface area (Å²) in [5.74, 6) is -0.804.